The summed E-state index contributed by atoms with van der Waals surface area (Å²) >= 11 is 1.61. The summed E-state index contributed by atoms with van der Waals surface area (Å²) in [5.74, 6) is -1.06. The van der Waals surface area contributed by atoms with Crippen LogP contribution in [0.25, 0.3) is 0 Å². The summed E-state index contributed by atoms with van der Waals surface area (Å²) in [6.45, 7) is 8.03. The molecular weight excluding hydrogens is 570 g/mol. The number of hydrogen-bond donors (Lipinski definition) is 2. The zero-order valence-electron chi connectivity index (χ0n) is 27.1. The molecule has 0 aliphatic rings. The summed E-state index contributed by atoms with van der Waals surface area (Å²) < 4.78 is 5.43. The minimum atomic E-state index is -1.18. The van der Waals surface area contributed by atoms with Gasteiger partial charge in [-0.25, -0.2) is 9.59 Å². The molecule has 0 spiro atoms. The number of rotatable bonds is 23. The number of benzene rings is 1. The van der Waals surface area contributed by atoms with Gasteiger partial charge in [-0.3, -0.25) is 4.79 Å². The molecule has 242 valence electrons. The first-order chi connectivity index (χ1) is 21.3. The van der Waals surface area contributed by atoms with Gasteiger partial charge in [0.05, 0.1) is 5.25 Å². The van der Waals surface area contributed by atoms with Gasteiger partial charge in [-0.05, 0) is 88.0 Å². The van der Waals surface area contributed by atoms with Crippen LogP contribution in [0, 0.1) is 5.92 Å². The maximum atomic E-state index is 13.1. The molecule has 0 aromatic heterocycles. The molecule has 6 nitrogen and oxygen atoms in total. The van der Waals surface area contributed by atoms with E-state index in [0.29, 0.717) is 12.8 Å². The summed E-state index contributed by atoms with van der Waals surface area (Å²) in [7, 11) is 0. The highest BCUT2D eigenvalue weighted by Crippen LogP contribution is 2.21. The number of ether oxygens (including phenoxy) is 1. The lowest BCUT2D eigenvalue weighted by atomic mass is 10.0. The first-order valence-corrected chi connectivity index (χ1v) is 17.1. The van der Waals surface area contributed by atoms with E-state index in [1.165, 1.54) is 12.1 Å². The number of amides is 1. The van der Waals surface area contributed by atoms with Gasteiger partial charge in [0.1, 0.15) is 17.4 Å². The standard InChI is InChI=1S/C37H53NO5S/c1-5-7-8-9-10-11-12-13-14-15-16-17-18-19-20-21-22-25-28-44-34(6-2)35(39)38-32(29-30(3)4)37(42)43-33-27-24-23-26-31(33)36(40)41/h7-8,10-11,13-14,16-17,19-20,23-24,26-27,30,32,34H,5-6,9,12,15,18,21-22,25,28-29H2,1-4H3,(H,38,39)(H,40,41)/t32?,34-/m0/s1. The van der Waals surface area contributed by atoms with E-state index in [1.54, 1.807) is 23.9 Å². The summed E-state index contributed by atoms with van der Waals surface area (Å²) in [6, 6.07) is 5.15. The van der Waals surface area contributed by atoms with Crippen molar-refractivity contribution in [3.8, 4) is 5.75 Å². The van der Waals surface area contributed by atoms with E-state index in [1.807, 2.05) is 20.8 Å². The molecule has 2 N–H and O–H groups in total. The van der Waals surface area contributed by atoms with Crippen LogP contribution in [0.15, 0.2) is 85.0 Å². The third-order valence-electron chi connectivity index (χ3n) is 6.54. The molecule has 0 bridgehead atoms. The molecule has 1 aromatic rings. The Labute approximate surface area is 269 Å². The Bertz CT molecular complexity index is 1120. The second-order valence-corrected chi connectivity index (χ2v) is 12.2. The quantitative estimate of drug-likeness (QED) is 0.0546. The fourth-order valence-electron chi connectivity index (χ4n) is 4.20. The summed E-state index contributed by atoms with van der Waals surface area (Å²) in [5.41, 5.74) is -0.0953. The topological polar surface area (TPSA) is 92.7 Å². The van der Waals surface area contributed by atoms with Crippen LogP contribution in [0.5, 0.6) is 5.75 Å². The van der Waals surface area contributed by atoms with Crippen molar-refractivity contribution in [2.45, 2.75) is 103 Å². The van der Waals surface area contributed by atoms with E-state index in [2.05, 4.69) is 73.0 Å². The second-order valence-electron chi connectivity index (χ2n) is 10.9. The van der Waals surface area contributed by atoms with Crippen molar-refractivity contribution >= 4 is 29.6 Å². The van der Waals surface area contributed by atoms with Crippen LogP contribution in [0.3, 0.4) is 0 Å². The third kappa shape index (κ3) is 18.4. The molecule has 1 unspecified atom stereocenters. The van der Waals surface area contributed by atoms with Crippen LogP contribution in [-0.4, -0.2) is 40.0 Å². The lowest BCUT2D eigenvalue weighted by Crippen LogP contribution is -2.47. The molecule has 0 saturated carbocycles. The Balaban J connectivity index is 2.35. The fraction of sp³-hybridized carbons (Fsp3) is 0.486. The monoisotopic (exact) mass is 623 g/mol. The number of thioether (sulfide) groups is 1. The van der Waals surface area contributed by atoms with Crippen molar-refractivity contribution in [2.75, 3.05) is 5.75 Å². The number of carbonyl (C=O) groups excluding carboxylic acids is 2. The molecule has 0 saturated heterocycles. The normalized spacial score (nSPS) is 13.6. The van der Waals surface area contributed by atoms with Crippen molar-refractivity contribution in [2.24, 2.45) is 5.92 Å². The second kappa shape index (κ2) is 25.1. The molecule has 0 aliphatic carbocycles. The van der Waals surface area contributed by atoms with Gasteiger partial charge in [0, 0.05) is 0 Å². The van der Waals surface area contributed by atoms with Gasteiger partial charge in [0.2, 0.25) is 5.91 Å². The summed E-state index contributed by atoms with van der Waals surface area (Å²) in [6.07, 6.45) is 31.1. The van der Waals surface area contributed by atoms with Crippen LogP contribution in [-0.2, 0) is 9.59 Å². The number of carboxylic acids is 1. The number of nitrogens with one attached hydrogen (secondary N) is 1. The first kappa shape index (κ1) is 38.7. The highest BCUT2D eigenvalue weighted by molar-refractivity contribution is 8.00. The average molecular weight is 624 g/mol. The number of esters is 1. The Morgan fingerprint density at radius 1 is 0.841 bits per heavy atom. The maximum absolute atomic E-state index is 13.1. The van der Waals surface area contributed by atoms with Crippen LogP contribution in [0.1, 0.15) is 102 Å². The molecule has 0 fully saturated rings. The lowest BCUT2D eigenvalue weighted by molar-refractivity contribution is -0.139. The molecule has 0 heterocycles. The minimum Gasteiger partial charge on any atom is -0.478 e. The Morgan fingerprint density at radius 3 is 1.95 bits per heavy atom. The minimum absolute atomic E-state index is 0.0260. The van der Waals surface area contributed by atoms with Gasteiger partial charge in [0.25, 0.3) is 0 Å². The van der Waals surface area contributed by atoms with Crippen molar-refractivity contribution in [1.82, 2.24) is 5.32 Å². The zero-order chi connectivity index (χ0) is 32.4. The molecule has 0 radical (unpaired) electrons. The molecule has 0 aliphatic heterocycles. The highest BCUT2D eigenvalue weighted by Gasteiger charge is 2.28. The lowest BCUT2D eigenvalue weighted by Gasteiger charge is -2.22. The molecule has 44 heavy (non-hydrogen) atoms. The van der Waals surface area contributed by atoms with Gasteiger partial charge in [0.15, 0.2) is 0 Å². The van der Waals surface area contributed by atoms with Crippen LogP contribution >= 0.6 is 11.8 Å². The number of aromatic carboxylic acids is 1. The predicted molar refractivity (Wildman–Crippen MR) is 185 cm³/mol. The van der Waals surface area contributed by atoms with E-state index in [0.717, 1.165) is 57.1 Å². The van der Waals surface area contributed by atoms with Gasteiger partial charge in [-0.15, -0.1) is 11.8 Å². The largest absolute Gasteiger partial charge is 0.478 e. The average Bonchev–Trinajstić information content (AvgIpc) is 2.99. The van der Waals surface area contributed by atoms with Crippen molar-refractivity contribution in [3.63, 3.8) is 0 Å². The number of allylic oxidation sites excluding steroid dienone is 10. The van der Waals surface area contributed by atoms with E-state index in [4.69, 9.17) is 4.74 Å². The predicted octanol–water partition coefficient (Wildman–Crippen LogP) is 9.25. The highest BCUT2D eigenvalue weighted by atomic mass is 32.2. The van der Waals surface area contributed by atoms with Gasteiger partial charge in [-0.2, -0.15) is 0 Å². The number of unbranched alkanes of at least 4 members (excludes halogenated alkanes) is 2. The molecule has 2 atom stereocenters. The zero-order valence-corrected chi connectivity index (χ0v) is 27.9. The van der Waals surface area contributed by atoms with E-state index in [-0.39, 0.29) is 28.4 Å². The maximum Gasteiger partial charge on any atom is 0.339 e. The van der Waals surface area contributed by atoms with Crippen molar-refractivity contribution in [1.29, 1.82) is 0 Å². The van der Waals surface area contributed by atoms with Crippen LogP contribution in [0.4, 0.5) is 0 Å². The first-order valence-electron chi connectivity index (χ1n) is 16.0. The van der Waals surface area contributed by atoms with Crippen molar-refractivity contribution in [3.05, 3.63) is 90.6 Å². The van der Waals surface area contributed by atoms with Gasteiger partial charge < -0.3 is 15.2 Å². The molecule has 1 amide bonds. The smallest absolute Gasteiger partial charge is 0.339 e. The molecule has 1 rings (SSSR count). The van der Waals surface area contributed by atoms with E-state index >= 15 is 0 Å². The van der Waals surface area contributed by atoms with E-state index < -0.39 is 18.0 Å². The Kier molecular flexibility index (Phi) is 22.0. The Hall–Kier alpha value is -3.32. The number of carbonyl (C=O) groups is 3. The summed E-state index contributed by atoms with van der Waals surface area (Å²) in [5, 5.41) is 12.0. The van der Waals surface area contributed by atoms with Gasteiger partial charge >= 0.3 is 11.9 Å². The Morgan fingerprint density at radius 2 is 1.41 bits per heavy atom. The van der Waals surface area contributed by atoms with Crippen molar-refractivity contribution < 1.29 is 24.2 Å². The van der Waals surface area contributed by atoms with Crippen LogP contribution < -0.4 is 10.1 Å². The van der Waals surface area contributed by atoms with E-state index in [9.17, 15) is 19.5 Å². The molecule has 1 aromatic carbocycles. The fourth-order valence-corrected chi connectivity index (χ4v) is 5.31. The number of hydrogen-bond acceptors (Lipinski definition) is 5. The van der Waals surface area contributed by atoms with Crippen LogP contribution in [0.2, 0.25) is 0 Å². The van der Waals surface area contributed by atoms with Gasteiger partial charge in [-0.1, -0.05) is 101 Å². The number of para-hydroxylation sites is 1. The third-order valence-corrected chi connectivity index (χ3v) is 8.02. The number of carboxylic acid groups (broad SMARTS) is 1. The summed E-state index contributed by atoms with van der Waals surface area (Å²) in [4.78, 5) is 37.5. The molecule has 7 heteroatoms. The molecular formula is C37H53NO5S. The SMILES string of the molecule is CCC=CCC=CCC=CCC=CCC=CCCCCS[C@@H](CC)C(=O)NC(CC(C)C)C(=O)Oc1ccccc1C(=O)O.